The van der Waals surface area contributed by atoms with E-state index in [-0.39, 0.29) is 22.9 Å². The molecule has 0 bridgehead atoms. The molecule has 0 saturated carbocycles. The number of carbonyl (C=O) groups is 1. The van der Waals surface area contributed by atoms with Gasteiger partial charge in [-0.3, -0.25) is 4.79 Å². The largest absolute Gasteiger partial charge is 0.394 e. The molecule has 0 atom stereocenters. The molecule has 0 radical (unpaired) electrons. The monoisotopic (exact) mass is 226 g/mol. The third-order valence-corrected chi connectivity index (χ3v) is 2.36. The van der Waals surface area contributed by atoms with Crippen molar-refractivity contribution in [3.8, 4) is 11.8 Å². The van der Waals surface area contributed by atoms with Gasteiger partial charge >= 0.3 is 0 Å². The molecular weight excluding hydrogens is 216 g/mol. The average Bonchev–Trinajstić information content (AvgIpc) is 2.67. The number of Topliss-reactive ketones (excluding diaryl/α,β-unsaturated/α-hetero) is 1. The van der Waals surface area contributed by atoms with E-state index in [1.165, 1.54) is 11.6 Å². The number of nitrogens with zero attached hydrogens (tertiary/aromatic N) is 3. The number of ketones is 1. The van der Waals surface area contributed by atoms with Crippen LogP contribution in [0.15, 0.2) is 30.3 Å². The molecule has 0 aliphatic carbocycles. The first kappa shape index (κ1) is 10.9. The zero-order chi connectivity index (χ0) is 12.4. The second-order valence-electron chi connectivity index (χ2n) is 3.53. The topological polar surface area (TPSA) is 84.7 Å². The van der Waals surface area contributed by atoms with E-state index < -0.39 is 0 Å². The van der Waals surface area contributed by atoms with E-state index in [1.54, 1.807) is 12.1 Å². The number of rotatable bonds is 2. The van der Waals surface area contributed by atoms with Gasteiger partial charge in [-0.05, 0) is 12.1 Å². The van der Waals surface area contributed by atoms with Crippen LogP contribution in [-0.4, -0.2) is 15.6 Å². The SMILES string of the molecule is CC(=O)c1nn(-c2ccccc2)c(C#N)c1N. The standard InChI is InChI=1S/C12H10N4O/c1-8(17)12-11(14)10(7-13)16(15-12)9-5-3-2-4-6-9/h2-6H,14H2,1H3. The molecule has 1 heterocycles. The molecule has 0 amide bonds. The van der Waals surface area contributed by atoms with E-state index in [4.69, 9.17) is 11.0 Å². The number of hydrogen-bond donors (Lipinski definition) is 1. The summed E-state index contributed by atoms with van der Waals surface area (Å²) in [6, 6.07) is 11.0. The molecule has 1 aromatic heterocycles. The second kappa shape index (κ2) is 4.10. The number of nitriles is 1. The van der Waals surface area contributed by atoms with Gasteiger partial charge in [0.2, 0.25) is 0 Å². The van der Waals surface area contributed by atoms with Crippen molar-refractivity contribution < 1.29 is 4.79 Å². The average molecular weight is 226 g/mol. The van der Waals surface area contributed by atoms with E-state index in [1.807, 2.05) is 24.3 Å². The zero-order valence-electron chi connectivity index (χ0n) is 9.21. The quantitative estimate of drug-likeness (QED) is 0.787. The maximum atomic E-state index is 11.3. The van der Waals surface area contributed by atoms with Crippen molar-refractivity contribution in [3.05, 3.63) is 41.7 Å². The first-order valence-electron chi connectivity index (χ1n) is 5.00. The summed E-state index contributed by atoms with van der Waals surface area (Å²) in [6.07, 6.45) is 0. The van der Waals surface area contributed by atoms with Gasteiger partial charge in [0.15, 0.2) is 17.2 Å². The molecular formula is C12H10N4O. The van der Waals surface area contributed by atoms with Gasteiger partial charge in [-0.15, -0.1) is 0 Å². The Labute approximate surface area is 98.1 Å². The molecule has 5 nitrogen and oxygen atoms in total. The fourth-order valence-corrected chi connectivity index (χ4v) is 1.55. The van der Waals surface area contributed by atoms with E-state index >= 15 is 0 Å². The van der Waals surface area contributed by atoms with Gasteiger partial charge in [0.25, 0.3) is 0 Å². The van der Waals surface area contributed by atoms with E-state index in [0.717, 1.165) is 0 Å². The highest BCUT2D eigenvalue weighted by molar-refractivity contribution is 5.98. The van der Waals surface area contributed by atoms with Crippen LogP contribution in [0, 0.1) is 11.3 Å². The molecule has 2 rings (SSSR count). The normalized spacial score (nSPS) is 9.88. The molecule has 84 valence electrons. The number of anilines is 1. The summed E-state index contributed by atoms with van der Waals surface area (Å²) in [4.78, 5) is 11.3. The summed E-state index contributed by atoms with van der Waals surface area (Å²) in [6.45, 7) is 1.37. The smallest absolute Gasteiger partial charge is 0.182 e. The number of hydrogen-bond acceptors (Lipinski definition) is 4. The summed E-state index contributed by atoms with van der Waals surface area (Å²) in [7, 11) is 0. The van der Waals surface area contributed by atoms with Gasteiger partial charge in [-0.1, -0.05) is 18.2 Å². The maximum absolute atomic E-state index is 11.3. The minimum absolute atomic E-state index is 0.129. The van der Waals surface area contributed by atoms with Gasteiger partial charge in [0.05, 0.1) is 5.69 Å². The Morgan fingerprint density at radius 1 is 1.41 bits per heavy atom. The van der Waals surface area contributed by atoms with E-state index in [2.05, 4.69) is 5.10 Å². The lowest BCUT2D eigenvalue weighted by Gasteiger charge is -2.01. The summed E-state index contributed by atoms with van der Waals surface area (Å²) in [5.74, 6) is -0.256. The van der Waals surface area contributed by atoms with Crippen LogP contribution in [-0.2, 0) is 0 Å². The lowest BCUT2D eigenvalue weighted by Crippen LogP contribution is -2.00. The molecule has 0 fully saturated rings. The number of aromatic nitrogens is 2. The van der Waals surface area contributed by atoms with Crippen LogP contribution in [0.25, 0.3) is 5.69 Å². The van der Waals surface area contributed by atoms with E-state index in [0.29, 0.717) is 5.69 Å². The van der Waals surface area contributed by atoms with Crippen molar-refractivity contribution in [2.45, 2.75) is 6.92 Å². The third-order valence-electron chi connectivity index (χ3n) is 2.36. The Hall–Kier alpha value is -2.61. The van der Waals surface area contributed by atoms with Gasteiger partial charge in [-0.2, -0.15) is 10.4 Å². The maximum Gasteiger partial charge on any atom is 0.182 e. The van der Waals surface area contributed by atoms with Crippen LogP contribution in [0.3, 0.4) is 0 Å². The van der Waals surface area contributed by atoms with Crippen LogP contribution in [0.4, 0.5) is 5.69 Å². The zero-order valence-corrected chi connectivity index (χ0v) is 9.21. The van der Waals surface area contributed by atoms with Crippen LogP contribution in [0.5, 0.6) is 0 Å². The van der Waals surface area contributed by atoms with Crippen molar-refractivity contribution >= 4 is 11.5 Å². The van der Waals surface area contributed by atoms with Crippen LogP contribution >= 0.6 is 0 Å². The number of para-hydroxylation sites is 1. The Bertz CT molecular complexity index is 607. The van der Waals surface area contributed by atoms with Crippen LogP contribution < -0.4 is 5.73 Å². The molecule has 0 spiro atoms. The fourth-order valence-electron chi connectivity index (χ4n) is 1.55. The van der Waals surface area contributed by atoms with Crippen molar-refractivity contribution in [1.29, 1.82) is 5.26 Å². The van der Waals surface area contributed by atoms with Gasteiger partial charge in [0, 0.05) is 6.92 Å². The highest BCUT2D eigenvalue weighted by Crippen LogP contribution is 2.20. The van der Waals surface area contributed by atoms with Crippen molar-refractivity contribution in [1.82, 2.24) is 9.78 Å². The summed E-state index contributed by atoms with van der Waals surface area (Å²) in [5.41, 5.74) is 6.86. The van der Waals surface area contributed by atoms with Gasteiger partial charge in [-0.25, -0.2) is 4.68 Å². The molecule has 1 aromatic carbocycles. The number of nitrogen functional groups attached to an aromatic ring is 1. The lowest BCUT2D eigenvalue weighted by atomic mass is 10.2. The van der Waals surface area contributed by atoms with Crippen molar-refractivity contribution in [2.75, 3.05) is 5.73 Å². The fraction of sp³-hybridized carbons (Fsp3) is 0.0833. The Morgan fingerprint density at radius 3 is 2.59 bits per heavy atom. The number of nitrogens with two attached hydrogens (primary N) is 1. The second-order valence-corrected chi connectivity index (χ2v) is 3.53. The Kier molecular flexibility index (Phi) is 2.63. The minimum Gasteiger partial charge on any atom is -0.394 e. The molecule has 0 aliphatic rings. The van der Waals surface area contributed by atoms with Crippen molar-refractivity contribution in [3.63, 3.8) is 0 Å². The predicted octanol–water partition coefficient (Wildman–Crippen LogP) is 1.53. The van der Waals surface area contributed by atoms with Gasteiger partial charge in [0.1, 0.15) is 11.8 Å². The molecule has 5 heteroatoms. The number of carbonyl (C=O) groups excluding carboxylic acids is 1. The molecule has 0 saturated heterocycles. The summed E-state index contributed by atoms with van der Waals surface area (Å²) < 4.78 is 1.38. The minimum atomic E-state index is -0.256. The molecule has 2 N–H and O–H groups in total. The van der Waals surface area contributed by atoms with Crippen molar-refractivity contribution in [2.24, 2.45) is 0 Å². The van der Waals surface area contributed by atoms with Crippen LogP contribution in [0.2, 0.25) is 0 Å². The molecule has 0 aliphatic heterocycles. The first-order valence-corrected chi connectivity index (χ1v) is 5.00. The van der Waals surface area contributed by atoms with Crippen LogP contribution in [0.1, 0.15) is 23.1 Å². The van der Waals surface area contributed by atoms with E-state index in [9.17, 15) is 4.79 Å². The highest BCUT2D eigenvalue weighted by atomic mass is 16.1. The predicted molar refractivity (Wildman–Crippen MR) is 62.7 cm³/mol. The molecule has 0 unspecified atom stereocenters. The first-order chi connectivity index (χ1) is 8.15. The van der Waals surface area contributed by atoms with Gasteiger partial charge < -0.3 is 5.73 Å². The third kappa shape index (κ3) is 1.76. The highest BCUT2D eigenvalue weighted by Gasteiger charge is 2.18. The Balaban J connectivity index is 2.68. The Morgan fingerprint density at radius 2 is 2.06 bits per heavy atom. The number of benzene rings is 1. The molecule has 2 aromatic rings. The summed E-state index contributed by atoms with van der Waals surface area (Å²) in [5, 5.41) is 13.1. The summed E-state index contributed by atoms with van der Waals surface area (Å²) >= 11 is 0. The lowest BCUT2D eigenvalue weighted by molar-refractivity contribution is 0.101. The molecule has 17 heavy (non-hydrogen) atoms.